The molecule has 2 atom stereocenters. The van der Waals surface area contributed by atoms with Crippen molar-refractivity contribution in [1.29, 1.82) is 0 Å². The summed E-state index contributed by atoms with van der Waals surface area (Å²) < 4.78 is 4.89. The number of esters is 1. The fourth-order valence-corrected chi connectivity index (χ4v) is 2.64. The Morgan fingerprint density at radius 1 is 1.20 bits per heavy atom. The van der Waals surface area contributed by atoms with Crippen molar-refractivity contribution < 1.29 is 9.53 Å². The Balaban J connectivity index is 2.45. The highest BCUT2D eigenvalue weighted by Crippen LogP contribution is 2.09. The number of nitrogens with one attached hydrogen (secondary N) is 1. The summed E-state index contributed by atoms with van der Waals surface area (Å²) in [6, 6.07) is 0.706. The lowest BCUT2D eigenvalue weighted by molar-refractivity contribution is -0.144. The van der Waals surface area contributed by atoms with E-state index in [4.69, 9.17) is 4.74 Å². The molecule has 1 N–H and O–H groups in total. The molecule has 1 aliphatic rings. The van der Waals surface area contributed by atoms with Crippen LogP contribution < -0.4 is 5.32 Å². The first-order valence-corrected chi connectivity index (χ1v) is 7.78. The molecule has 0 spiro atoms. The largest absolute Gasteiger partial charge is 0.468 e. The molecule has 0 aliphatic carbocycles. The summed E-state index contributed by atoms with van der Waals surface area (Å²) in [4.78, 5) is 16.7. The third kappa shape index (κ3) is 5.38. The van der Waals surface area contributed by atoms with Crippen LogP contribution in [0.1, 0.15) is 34.1 Å². The Morgan fingerprint density at radius 3 is 2.25 bits per heavy atom. The van der Waals surface area contributed by atoms with Gasteiger partial charge in [-0.25, -0.2) is 0 Å². The Bertz CT molecular complexity index is 289. The average Bonchev–Trinajstić information content (AvgIpc) is 2.45. The highest BCUT2D eigenvalue weighted by molar-refractivity contribution is 5.76. The SMILES string of the molecule is CCC(C)N1CCN(CC(NC(C)C)C(=O)OC)CC1. The number of piperazine rings is 1. The predicted molar refractivity (Wildman–Crippen MR) is 81.8 cm³/mol. The smallest absolute Gasteiger partial charge is 0.324 e. The summed E-state index contributed by atoms with van der Waals surface area (Å²) in [5, 5.41) is 3.29. The van der Waals surface area contributed by atoms with Crippen LogP contribution >= 0.6 is 0 Å². The highest BCUT2D eigenvalue weighted by Gasteiger charge is 2.26. The molecular weight excluding hydrogens is 254 g/mol. The number of carbonyl (C=O) groups is 1. The van der Waals surface area contributed by atoms with Gasteiger partial charge in [-0.2, -0.15) is 0 Å². The topological polar surface area (TPSA) is 44.8 Å². The van der Waals surface area contributed by atoms with Gasteiger partial charge in [-0.05, 0) is 13.3 Å². The van der Waals surface area contributed by atoms with Crippen molar-refractivity contribution in [1.82, 2.24) is 15.1 Å². The zero-order valence-electron chi connectivity index (χ0n) is 13.7. The number of nitrogens with zero attached hydrogens (tertiary/aromatic N) is 2. The fourth-order valence-electron chi connectivity index (χ4n) is 2.64. The van der Waals surface area contributed by atoms with Gasteiger partial charge >= 0.3 is 5.97 Å². The summed E-state index contributed by atoms with van der Waals surface area (Å²) in [6.45, 7) is 13.6. The zero-order chi connectivity index (χ0) is 15.1. The second kappa shape index (κ2) is 8.60. The fraction of sp³-hybridized carbons (Fsp3) is 0.933. The predicted octanol–water partition coefficient (Wildman–Crippen LogP) is 0.942. The van der Waals surface area contributed by atoms with Crippen molar-refractivity contribution in [3.63, 3.8) is 0 Å². The van der Waals surface area contributed by atoms with E-state index >= 15 is 0 Å². The van der Waals surface area contributed by atoms with Crippen molar-refractivity contribution >= 4 is 5.97 Å². The number of carbonyl (C=O) groups excluding carboxylic acids is 1. The van der Waals surface area contributed by atoms with Gasteiger partial charge in [-0.3, -0.25) is 14.6 Å². The van der Waals surface area contributed by atoms with E-state index in [1.807, 2.05) is 0 Å². The van der Waals surface area contributed by atoms with Crippen LogP contribution in [0.5, 0.6) is 0 Å². The molecule has 0 aromatic carbocycles. The lowest BCUT2D eigenvalue weighted by atomic mass is 10.1. The normalized spacial score (nSPS) is 20.9. The third-order valence-electron chi connectivity index (χ3n) is 4.08. The van der Waals surface area contributed by atoms with E-state index in [2.05, 4.69) is 42.8 Å². The molecule has 1 aliphatic heterocycles. The Kier molecular flexibility index (Phi) is 7.48. The van der Waals surface area contributed by atoms with Crippen LogP contribution in [0.3, 0.4) is 0 Å². The van der Waals surface area contributed by atoms with Crippen LogP contribution in [-0.2, 0) is 9.53 Å². The van der Waals surface area contributed by atoms with Crippen LogP contribution in [0, 0.1) is 0 Å². The molecule has 0 aromatic heterocycles. The summed E-state index contributed by atoms with van der Waals surface area (Å²) in [5.74, 6) is -0.164. The molecule has 0 radical (unpaired) electrons. The summed E-state index contributed by atoms with van der Waals surface area (Å²) in [7, 11) is 1.46. The van der Waals surface area contributed by atoms with Gasteiger partial charge < -0.3 is 10.1 Å². The van der Waals surface area contributed by atoms with Crippen LogP contribution in [0.4, 0.5) is 0 Å². The zero-order valence-corrected chi connectivity index (χ0v) is 13.7. The van der Waals surface area contributed by atoms with Gasteiger partial charge in [0.15, 0.2) is 0 Å². The molecule has 1 rings (SSSR count). The molecule has 0 bridgehead atoms. The number of methoxy groups -OCH3 is 1. The maximum Gasteiger partial charge on any atom is 0.324 e. The molecule has 20 heavy (non-hydrogen) atoms. The first-order chi connectivity index (χ1) is 9.47. The third-order valence-corrected chi connectivity index (χ3v) is 4.08. The van der Waals surface area contributed by atoms with E-state index in [1.54, 1.807) is 0 Å². The van der Waals surface area contributed by atoms with Crippen molar-refractivity contribution in [3.8, 4) is 0 Å². The molecule has 0 aromatic rings. The van der Waals surface area contributed by atoms with Gasteiger partial charge in [0, 0.05) is 44.8 Å². The van der Waals surface area contributed by atoms with Gasteiger partial charge in [0.25, 0.3) is 0 Å². The van der Waals surface area contributed by atoms with E-state index in [9.17, 15) is 4.79 Å². The second-order valence-corrected chi connectivity index (χ2v) is 5.99. The minimum Gasteiger partial charge on any atom is -0.468 e. The monoisotopic (exact) mass is 285 g/mol. The van der Waals surface area contributed by atoms with Crippen molar-refractivity contribution in [2.45, 2.75) is 52.2 Å². The van der Waals surface area contributed by atoms with Gasteiger partial charge in [0.2, 0.25) is 0 Å². The first kappa shape index (κ1) is 17.4. The molecular formula is C15H31N3O2. The van der Waals surface area contributed by atoms with Gasteiger partial charge in [-0.15, -0.1) is 0 Å². The lowest BCUT2D eigenvalue weighted by Crippen LogP contribution is -2.55. The van der Waals surface area contributed by atoms with Crippen LogP contribution in [0.15, 0.2) is 0 Å². The molecule has 118 valence electrons. The van der Waals surface area contributed by atoms with E-state index in [-0.39, 0.29) is 18.1 Å². The summed E-state index contributed by atoms with van der Waals surface area (Å²) in [6.07, 6.45) is 1.19. The van der Waals surface area contributed by atoms with Crippen LogP contribution in [0.25, 0.3) is 0 Å². The Hall–Kier alpha value is -0.650. The maximum absolute atomic E-state index is 11.8. The molecule has 5 heteroatoms. The molecule has 0 saturated carbocycles. The number of rotatable bonds is 7. The Labute approximate surface area is 123 Å². The number of hydrogen-bond donors (Lipinski definition) is 1. The highest BCUT2D eigenvalue weighted by atomic mass is 16.5. The maximum atomic E-state index is 11.8. The number of hydrogen-bond acceptors (Lipinski definition) is 5. The van der Waals surface area contributed by atoms with E-state index in [0.717, 1.165) is 32.7 Å². The van der Waals surface area contributed by atoms with Crippen molar-refractivity contribution in [2.24, 2.45) is 0 Å². The Morgan fingerprint density at radius 2 is 1.80 bits per heavy atom. The number of ether oxygens (including phenoxy) is 1. The molecule has 1 heterocycles. The van der Waals surface area contributed by atoms with Crippen molar-refractivity contribution in [3.05, 3.63) is 0 Å². The minimum absolute atomic E-state index is 0.164. The van der Waals surface area contributed by atoms with E-state index in [0.29, 0.717) is 6.04 Å². The molecule has 1 saturated heterocycles. The van der Waals surface area contributed by atoms with E-state index in [1.165, 1.54) is 13.5 Å². The molecule has 1 fully saturated rings. The second-order valence-electron chi connectivity index (χ2n) is 5.99. The van der Waals surface area contributed by atoms with E-state index < -0.39 is 0 Å². The average molecular weight is 285 g/mol. The van der Waals surface area contributed by atoms with Crippen LogP contribution in [0.2, 0.25) is 0 Å². The lowest BCUT2D eigenvalue weighted by Gasteiger charge is -2.39. The minimum atomic E-state index is -0.227. The first-order valence-electron chi connectivity index (χ1n) is 7.78. The molecule has 5 nitrogen and oxygen atoms in total. The van der Waals surface area contributed by atoms with Gasteiger partial charge in [-0.1, -0.05) is 20.8 Å². The van der Waals surface area contributed by atoms with Gasteiger partial charge in [0.05, 0.1) is 7.11 Å². The van der Waals surface area contributed by atoms with Crippen LogP contribution in [-0.4, -0.2) is 73.7 Å². The van der Waals surface area contributed by atoms with Crippen molar-refractivity contribution in [2.75, 3.05) is 39.8 Å². The molecule has 2 unspecified atom stereocenters. The van der Waals surface area contributed by atoms with Gasteiger partial charge in [0.1, 0.15) is 6.04 Å². The summed E-state index contributed by atoms with van der Waals surface area (Å²) >= 11 is 0. The molecule has 0 amide bonds. The standard InChI is InChI=1S/C15H31N3O2/c1-6-13(4)18-9-7-17(8-10-18)11-14(15(19)20-5)16-12(2)3/h12-14,16H,6-11H2,1-5H3. The summed E-state index contributed by atoms with van der Waals surface area (Å²) in [5.41, 5.74) is 0. The quantitative estimate of drug-likeness (QED) is 0.705.